The van der Waals surface area contributed by atoms with Gasteiger partial charge >= 0.3 is 0 Å². The average molecular weight is 308 g/mol. The van der Waals surface area contributed by atoms with E-state index in [0.717, 1.165) is 28.8 Å². The minimum Gasteiger partial charge on any atom is -0.335 e. The van der Waals surface area contributed by atoms with Crippen LogP contribution in [-0.2, 0) is 19.9 Å². The zero-order valence-corrected chi connectivity index (χ0v) is 12.4. The van der Waals surface area contributed by atoms with Crippen LogP contribution in [0, 0.1) is 6.92 Å². The maximum absolute atomic E-state index is 5.60. The number of aromatic nitrogens is 2. The van der Waals surface area contributed by atoms with Gasteiger partial charge in [-0.25, -0.2) is 4.98 Å². The van der Waals surface area contributed by atoms with Gasteiger partial charge in [-0.2, -0.15) is 0 Å². The van der Waals surface area contributed by atoms with E-state index in [1.54, 1.807) is 0 Å². The molecule has 0 amide bonds. The highest BCUT2D eigenvalue weighted by molar-refractivity contribution is 9.10. The van der Waals surface area contributed by atoms with Crippen LogP contribution in [0.15, 0.2) is 28.7 Å². The second kappa shape index (κ2) is 5.67. The van der Waals surface area contributed by atoms with Crippen molar-refractivity contribution in [3.05, 3.63) is 51.5 Å². The van der Waals surface area contributed by atoms with Gasteiger partial charge in [0.15, 0.2) is 0 Å². The highest BCUT2D eigenvalue weighted by atomic mass is 79.9. The van der Waals surface area contributed by atoms with Crippen molar-refractivity contribution in [3.8, 4) is 0 Å². The van der Waals surface area contributed by atoms with Crippen LogP contribution < -0.4 is 5.73 Å². The Kier molecular flexibility index (Phi) is 4.19. The Balaban J connectivity index is 2.23. The Morgan fingerprint density at radius 1 is 1.28 bits per heavy atom. The summed E-state index contributed by atoms with van der Waals surface area (Å²) < 4.78 is 3.24. The standard InChI is InChI=1S/C14H18BrN3/c1-10-13(17-14(7-8-16)18(10)2)9-11-3-5-12(15)6-4-11/h3-6H,7-9,16H2,1-2H3. The minimum absolute atomic E-state index is 0.641. The van der Waals surface area contributed by atoms with Gasteiger partial charge in [-0.15, -0.1) is 0 Å². The van der Waals surface area contributed by atoms with Gasteiger partial charge in [0.1, 0.15) is 5.82 Å². The fourth-order valence-electron chi connectivity index (χ4n) is 2.01. The van der Waals surface area contributed by atoms with Crippen LogP contribution in [0.2, 0.25) is 0 Å². The number of nitrogens with two attached hydrogens (primary N) is 1. The molecule has 0 aliphatic rings. The van der Waals surface area contributed by atoms with Gasteiger partial charge in [0.2, 0.25) is 0 Å². The van der Waals surface area contributed by atoms with Crippen molar-refractivity contribution in [2.24, 2.45) is 12.8 Å². The fourth-order valence-corrected chi connectivity index (χ4v) is 2.28. The number of halogens is 1. The maximum Gasteiger partial charge on any atom is 0.110 e. The summed E-state index contributed by atoms with van der Waals surface area (Å²) in [7, 11) is 2.05. The van der Waals surface area contributed by atoms with Gasteiger partial charge in [-0.05, 0) is 31.2 Å². The Hall–Kier alpha value is -1.13. The molecular weight excluding hydrogens is 290 g/mol. The number of hydrogen-bond donors (Lipinski definition) is 1. The Morgan fingerprint density at radius 3 is 2.56 bits per heavy atom. The van der Waals surface area contributed by atoms with Gasteiger partial charge in [0, 0.05) is 30.1 Å². The smallest absolute Gasteiger partial charge is 0.110 e. The predicted octanol–water partition coefficient (Wildman–Crippen LogP) is 2.58. The third-order valence-electron chi connectivity index (χ3n) is 3.22. The van der Waals surface area contributed by atoms with Crippen LogP contribution in [0.1, 0.15) is 22.8 Å². The lowest BCUT2D eigenvalue weighted by Crippen LogP contribution is -2.08. The van der Waals surface area contributed by atoms with Crippen LogP contribution in [0.25, 0.3) is 0 Å². The zero-order chi connectivity index (χ0) is 13.1. The second-order valence-electron chi connectivity index (χ2n) is 4.46. The molecule has 0 aliphatic heterocycles. The van der Waals surface area contributed by atoms with E-state index in [1.807, 2.05) is 0 Å². The molecule has 2 rings (SSSR count). The molecular formula is C14H18BrN3. The van der Waals surface area contributed by atoms with Crippen molar-refractivity contribution in [3.63, 3.8) is 0 Å². The van der Waals surface area contributed by atoms with E-state index in [2.05, 4.69) is 63.7 Å². The van der Waals surface area contributed by atoms with E-state index in [1.165, 1.54) is 11.3 Å². The highest BCUT2D eigenvalue weighted by Crippen LogP contribution is 2.17. The number of imidazole rings is 1. The SMILES string of the molecule is Cc1c(Cc2ccc(Br)cc2)nc(CCN)n1C. The van der Waals surface area contributed by atoms with Crippen LogP contribution in [0.3, 0.4) is 0 Å². The summed E-state index contributed by atoms with van der Waals surface area (Å²) in [5, 5.41) is 0. The molecule has 0 spiro atoms. The third kappa shape index (κ3) is 2.82. The predicted molar refractivity (Wildman–Crippen MR) is 77.7 cm³/mol. The van der Waals surface area contributed by atoms with Gasteiger partial charge < -0.3 is 10.3 Å². The van der Waals surface area contributed by atoms with Crippen molar-refractivity contribution < 1.29 is 0 Å². The van der Waals surface area contributed by atoms with Crippen LogP contribution in [0.4, 0.5) is 0 Å². The molecule has 2 aromatic rings. The second-order valence-corrected chi connectivity index (χ2v) is 5.38. The number of hydrogen-bond acceptors (Lipinski definition) is 2. The summed E-state index contributed by atoms with van der Waals surface area (Å²) in [6.07, 6.45) is 1.70. The molecule has 0 bridgehead atoms. The molecule has 0 saturated heterocycles. The first-order valence-electron chi connectivity index (χ1n) is 6.07. The summed E-state index contributed by atoms with van der Waals surface area (Å²) in [5.74, 6) is 1.07. The topological polar surface area (TPSA) is 43.8 Å². The molecule has 4 heteroatoms. The molecule has 3 nitrogen and oxygen atoms in total. The lowest BCUT2D eigenvalue weighted by molar-refractivity contribution is 0.761. The normalized spacial score (nSPS) is 10.9. The summed E-state index contributed by atoms with van der Waals surface area (Å²) in [6, 6.07) is 8.38. The third-order valence-corrected chi connectivity index (χ3v) is 3.75. The monoisotopic (exact) mass is 307 g/mol. The van der Waals surface area contributed by atoms with Crippen molar-refractivity contribution in [2.75, 3.05) is 6.54 Å². The lowest BCUT2D eigenvalue weighted by Gasteiger charge is -2.02. The van der Waals surface area contributed by atoms with Gasteiger partial charge in [0.05, 0.1) is 5.69 Å². The minimum atomic E-state index is 0.641. The fraction of sp³-hybridized carbons (Fsp3) is 0.357. The van der Waals surface area contributed by atoms with Crippen molar-refractivity contribution >= 4 is 15.9 Å². The molecule has 0 radical (unpaired) electrons. The molecule has 0 aliphatic carbocycles. The highest BCUT2D eigenvalue weighted by Gasteiger charge is 2.10. The van der Waals surface area contributed by atoms with Crippen molar-refractivity contribution in [1.29, 1.82) is 0 Å². The first-order valence-corrected chi connectivity index (χ1v) is 6.86. The van der Waals surface area contributed by atoms with E-state index in [0.29, 0.717) is 6.54 Å². The average Bonchev–Trinajstić information content (AvgIpc) is 2.61. The molecule has 0 saturated carbocycles. The van der Waals surface area contributed by atoms with Gasteiger partial charge in [0.25, 0.3) is 0 Å². The zero-order valence-electron chi connectivity index (χ0n) is 10.8. The lowest BCUT2D eigenvalue weighted by atomic mass is 10.1. The summed E-state index contributed by atoms with van der Waals surface area (Å²) in [5.41, 5.74) is 9.24. The molecule has 1 heterocycles. The van der Waals surface area contributed by atoms with E-state index < -0.39 is 0 Å². The molecule has 18 heavy (non-hydrogen) atoms. The molecule has 2 N–H and O–H groups in total. The number of benzene rings is 1. The van der Waals surface area contributed by atoms with E-state index >= 15 is 0 Å². The first-order chi connectivity index (χ1) is 8.61. The summed E-state index contributed by atoms with van der Waals surface area (Å²) in [4.78, 5) is 4.69. The van der Waals surface area contributed by atoms with Gasteiger partial charge in [-0.3, -0.25) is 0 Å². The first kappa shape index (κ1) is 13.3. The number of rotatable bonds is 4. The van der Waals surface area contributed by atoms with Gasteiger partial charge in [-0.1, -0.05) is 28.1 Å². The molecule has 1 aromatic heterocycles. The Bertz CT molecular complexity index is 529. The Morgan fingerprint density at radius 2 is 1.94 bits per heavy atom. The van der Waals surface area contributed by atoms with Crippen molar-refractivity contribution in [1.82, 2.24) is 9.55 Å². The quantitative estimate of drug-likeness (QED) is 0.943. The Labute approximate surface area is 116 Å². The van der Waals surface area contributed by atoms with E-state index in [-0.39, 0.29) is 0 Å². The number of nitrogens with zero attached hydrogens (tertiary/aromatic N) is 2. The van der Waals surface area contributed by atoms with Crippen LogP contribution >= 0.6 is 15.9 Å². The molecule has 96 valence electrons. The van der Waals surface area contributed by atoms with Crippen molar-refractivity contribution in [2.45, 2.75) is 19.8 Å². The molecule has 0 unspecified atom stereocenters. The van der Waals surface area contributed by atoms with E-state index in [9.17, 15) is 0 Å². The maximum atomic E-state index is 5.60. The molecule has 0 fully saturated rings. The largest absolute Gasteiger partial charge is 0.335 e. The van der Waals surface area contributed by atoms with Crippen LogP contribution in [-0.4, -0.2) is 16.1 Å². The van der Waals surface area contributed by atoms with Crippen LogP contribution in [0.5, 0.6) is 0 Å². The van der Waals surface area contributed by atoms with E-state index in [4.69, 9.17) is 5.73 Å². The molecule has 1 aromatic carbocycles. The summed E-state index contributed by atoms with van der Waals surface area (Å²) in [6.45, 7) is 2.75. The molecule has 0 atom stereocenters. The summed E-state index contributed by atoms with van der Waals surface area (Å²) >= 11 is 3.45.